The molecule has 1 atom stereocenters. The summed E-state index contributed by atoms with van der Waals surface area (Å²) < 4.78 is 7.38. The van der Waals surface area contributed by atoms with Crippen molar-refractivity contribution in [1.82, 2.24) is 9.78 Å². The van der Waals surface area contributed by atoms with Gasteiger partial charge in [0.05, 0.1) is 0 Å². The largest absolute Gasteiger partial charge is 0.476 e. The molecule has 0 aliphatic carbocycles. The van der Waals surface area contributed by atoms with Gasteiger partial charge in [-0.1, -0.05) is 6.92 Å². The van der Waals surface area contributed by atoms with E-state index in [-0.39, 0.29) is 11.9 Å². The fraction of sp³-hybridized carbons (Fsp3) is 0.667. The summed E-state index contributed by atoms with van der Waals surface area (Å²) in [6, 6.07) is 0. The Hall–Kier alpha value is -1.36. The van der Waals surface area contributed by atoms with Gasteiger partial charge in [-0.05, 0) is 32.6 Å². The van der Waals surface area contributed by atoms with Crippen molar-refractivity contribution < 1.29 is 14.6 Å². The number of hydrogen-bond acceptors (Lipinski definition) is 3. The average molecular weight is 238 g/mol. The number of carboxylic acid groups (broad SMARTS) is 1. The predicted molar refractivity (Wildman–Crippen MR) is 62.1 cm³/mol. The number of carboxylic acids is 1. The Bertz CT molecular complexity index is 420. The van der Waals surface area contributed by atoms with Crippen LogP contribution in [0.15, 0.2) is 0 Å². The molecule has 1 fully saturated rings. The van der Waals surface area contributed by atoms with Crippen molar-refractivity contribution in [2.24, 2.45) is 0 Å². The normalized spacial score (nSPS) is 20.5. The van der Waals surface area contributed by atoms with Crippen molar-refractivity contribution in [3.05, 3.63) is 17.0 Å². The molecule has 1 aromatic heterocycles. The summed E-state index contributed by atoms with van der Waals surface area (Å²) in [5, 5.41) is 13.3. The quantitative estimate of drug-likeness (QED) is 0.876. The lowest BCUT2D eigenvalue weighted by molar-refractivity contribution is -0.0408. The number of hydrogen-bond donors (Lipinski definition) is 1. The highest BCUT2D eigenvalue weighted by atomic mass is 16.5. The Labute approximate surface area is 100 Å². The summed E-state index contributed by atoms with van der Waals surface area (Å²) in [6.45, 7) is 4.59. The molecule has 1 aliphatic heterocycles. The Morgan fingerprint density at radius 2 is 2.35 bits per heavy atom. The van der Waals surface area contributed by atoms with Gasteiger partial charge in [0, 0.05) is 17.9 Å². The van der Waals surface area contributed by atoms with Crippen LogP contribution in [-0.2, 0) is 11.2 Å². The zero-order valence-corrected chi connectivity index (χ0v) is 10.3. The molecule has 1 unspecified atom stereocenters. The lowest BCUT2D eigenvalue weighted by Crippen LogP contribution is -2.20. The molecule has 1 saturated heterocycles. The van der Waals surface area contributed by atoms with Crippen LogP contribution in [0.25, 0.3) is 0 Å². The zero-order valence-electron chi connectivity index (χ0n) is 10.3. The first-order valence-corrected chi connectivity index (χ1v) is 6.08. The second kappa shape index (κ2) is 4.87. The molecule has 1 aromatic rings. The molecule has 0 radical (unpaired) electrons. The van der Waals surface area contributed by atoms with E-state index in [0.717, 1.165) is 37.1 Å². The van der Waals surface area contributed by atoms with E-state index in [1.807, 2.05) is 13.8 Å². The SMILES string of the molecule is CCc1c(C(=O)O)nn(C2CCCCO2)c1C. The number of aromatic nitrogens is 2. The minimum atomic E-state index is -0.959. The maximum absolute atomic E-state index is 11.1. The van der Waals surface area contributed by atoms with Gasteiger partial charge in [-0.15, -0.1) is 0 Å². The number of carbonyl (C=O) groups is 1. The van der Waals surface area contributed by atoms with Crippen LogP contribution in [0.5, 0.6) is 0 Å². The Morgan fingerprint density at radius 1 is 1.59 bits per heavy atom. The second-order valence-corrected chi connectivity index (χ2v) is 4.34. The highest BCUT2D eigenvalue weighted by molar-refractivity contribution is 5.87. The number of rotatable bonds is 3. The van der Waals surface area contributed by atoms with Crippen molar-refractivity contribution in [3.8, 4) is 0 Å². The van der Waals surface area contributed by atoms with Gasteiger partial charge in [-0.2, -0.15) is 5.10 Å². The van der Waals surface area contributed by atoms with Gasteiger partial charge in [0.25, 0.3) is 0 Å². The van der Waals surface area contributed by atoms with Gasteiger partial charge < -0.3 is 9.84 Å². The van der Waals surface area contributed by atoms with Gasteiger partial charge in [0.2, 0.25) is 0 Å². The molecule has 5 heteroatoms. The molecule has 1 N–H and O–H groups in total. The van der Waals surface area contributed by atoms with Gasteiger partial charge in [0.1, 0.15) is 6.23 Å². The fourth-order valence-corrected chi connectivity index (χ4v) is 2.34. The molecule has 0 saturated carbocycles. The second-order valence-electron chi connectivity index (χ2n) is 4.34. The van der Waals surface area contributed by atoms with E-state index in [9.17, 15) is 4.79 Å². The van der Waals surface area contributed by atoms with Crippen LogP contribution in [0.1, 0.15) is 54.2 Å². The standard InChI is InChI=1S/C12H18N2O3/c1-3-9-8(2)14(13-11(9)12(15)16)10-6-4-5-7-17-10/h10H,3-7H2,1-2H3,(H,15,16). The third-order valence-electron chi connectivity index (χ3n) is 3.26. The smallest absolute Gasteiger partial charge is 0.356 e. The van der Waals surface area contributed by atoms with E-state index in [0.29, 0.717) is 6.42 Å². The molecule has 0 spiro atoms. The van der Waals surface area contributed by atoms with Gasteiger partial charge in [0.15, 0.2) is 5.69 Å². The summed E-state index contributed by atoms with van der Waals surface area (Å²) in [6.07, 6.45) is 3.67. The highest BCUT2D eigenvalue weighted by Crippen LogP contribution is 2.26. The molecule has 2 heterocycles. The van der Waals surface area contributed by atoms with Crippen molar-refractivity contribution >= 4 is 5.97 Å². The summed E-state index contributed by atoms with van der Waals surface area (Å²) in [4.78, 5) is 11.1. The van der Waals surface area contributed by atoms with Crippen LogP contribution in [-0.4, -0.2) is 27.5 Å². The Balaban J connectivity index is 2.37. The molecule has 1 aliphatic rings. The maximum atomic E-state index is 11.1. The lowest BCUT2D eigenvalue weighted by atomic mass is 10.1. The van der Waals surface area contributed by atoms with E-state index >= 15 is 0 Å². The lowest BCUT2D eigenvalue weighted by Gasteiger charge is -2.24. The number of nitrogens with zero attached hydrogens (tertiary/aromatic N) is 2. The van der Waals surface area contributed by atoms with Crippen molar-refractivity contribution in [2.45, 2.75) is 45.8 Å². The Kier molecular flexibility index (Phi) is 3.47. The third kappa shape index (κ3) is 2.20. The van der Waals surface area contributed by atoms with Crippen LogP contribution >= 0.6 is 0 Å². The minimum absolute atomic E-state index is 0.0952. The van der Waals surface area contributed by atoms with Crippen LogP contribution in [0.4, 0.5) is 0 Å². The maximum Gasteiger partial charge on any atom is 0.356 e. The average Bonchev–Trinajstić information content (AvgIpc) is 2.67. The molecular formula is C12H18N2O3. The van der Waals surface area contributed by atoms with Gasteiger partial charge >= 0.3 is 5.97 Å². The Morgan fingerprint density at radius 3 is 2.82 bits per heavy atom. The molecule has 0 bridgehead atoms. The van der Waals surface area contributed by atoms with Crippen LogP contribution in [0.3, 0.4) is 0 Å². The summed E-state index contributed by atoms with van der Waals surface area (Å²) in [5.74, 6) is -0.959. The van der Waals surface area contributed by atoms with Crippen LogP contribution < -0.4 is 0 Å². The molecular weight excluding hydrogens is 220 g/mol. The molecule has 0 amide bonds. The summed E-state index contributed by atoms with van der Waals surface area (Å²) >= 11 is 0. The van der Waals surface area contributed by atoms with Crippen molar-refractivity contribution in [1.29, 1.82) is 0 Å². The van der Waals surface area contributed by atoms with Crippen molar-refractivity contribution in [2.75, 3.05) is 6.61 Å². The van der Waals surface area contributed by atoms with E-state index < -0.39 is 5.97 Å². The van der Waals surface area contributed by atoms with Gasteiger partial charge in [-0.3, -0.25) is 0 Å². The first kappa shape index (κ1) is 12.1. The number of aromatic carboxylic acids is 1. The first-order chi connectivity index (χ1) is 8.15. The minimum Gasteiger partial charge on any atom is -0.476 e. The highest BCUT2D eigenvalue weighted by Gasteiger charge is 2.24. The molecule has 5 nitrogen and oxygen atoms in total. The number of ether oxygens (including phenoxy) is 1. The topological polar surface area (TPSA) is 64.3 Å². The predicted octanol–water partition coefficient (Wildman–Crippen LogP) is 2.15. The van der Waals surface area contributed by atoms with Gasteiger partial charge in [-0.25, -0.2) is 9.48 Å². The van der Waals surface area contributed by atoms with Crippen LogP contribution in [0, 0.1) is 6.92 Å². The monoisotopic (exact) mass is 238 g/mol. The fourth-order valence-electron chi connectivity index (χ4n) is 2.34. The van der Waals surface area contributed by atoms with E-state index in [2.05, 4.69) is 5.10 Å². The molecule has 2 rings (SSSR count). The first-order valence-electron chi connectivity index (χ1n) is 6.08. The van der Waals surface area contributed by atoms with Crippen LogP contribution in [0.2, 0.25) is 0 Å². The zero-order chi connectivity index (χ0) is 12.4. The van der Waals surface area contributed by atoms with E-state index in [1.54, 1.807) is 4.68 Å². The van der Waals surface area contributed by atoms with Crippen molar-refractivity contribution in [3.63, 3.8) is 0 Å². The van der Waals surface area contributed by atoms with E-state index in [1.165, 1.54) is 0 Å². The molecule has 94 valence electrons. The summed E-state index contributed by atoms with van der Waals surface area (Å²) in [5.41, 5.74) is 1.89. The summed E-state index contributed by atoms with van der Waals surface area (Å²) in [7, 11) is 0. The molecule has 17 heavy (non-hydrogen) atoms. The molecule has 0 aromatic carbocycles. The van der Waals surface area contributed by atoms with E-state index in [4.69, 9.17) is 9.84 Å². The third-order valence-corrected chi connectivity index (χ3v) is 3.26.